The molecule has 1 heterocycles. The summed E-state index contributed by atoms with van der Waals surface area (Å²) in [4.78, 5) is 4.04. The molecule has 0 amide bonds. The Hall–Kier alpha value is -1.36. The Bertz CT molecular complexity index is 590. The smallest absolute Gasteiger partial charge is 0.166 e. The first-order valence-corrected chi connectivity index (χ1v) is 7.16. The van der Waals surface area contributed by atoms with E-state index >= 15 is 0 Å². The molecule has 0 fully saturated rings. The molecule has 0 spiro atoms. The van der Waals surface area contributed by atoms with Gasteiger partial charge in [0.2, 0.25) is 0 Å². The largest absolute Gasteiger partial charge is 0.359 e. The van der Waals surface area contributed by atoms with E-state index in [-0.39, 0.29) is 0 Å². The van der Waals surface area contributed by atoms with Gasteiger partial charge in [-0.3, -0.25) is 4.98 Å². The number of nitrogens with zero attached hydrogens (tertiary/aromatic N) is 1. The molecular weight excluding hydrogens is 313 g/mol. The Balaban J connectivity index is 1.79. The van der Waals surface area contributed by atoms with Crippen LogP contribution in [0.1, 0.15) is 11.1 Å². The highest BCUT2D eigenvalue weighted by Gasteiger charge is 2.01. The highest BCUT2D eigenvalue weighted by molar-refractivity contribution is 7.80. The van der Waals surface area contributed by atoms with Gasteiger partial charge in [0.1, 0.15) is 0 Å². The zero-order valence-corrected chi connectivity index (χ0v) is 12.9. The number of hydrogen-bond donors (Lipinski definition) is 2. The summed E-state index contributed by atoms with van der Waals surface area (Å²) in [5.74, 6) is 0. The summed E-state index contributed by atoms with van der Waals surface area (Å²) in [6, 6.07) is 9.38. The van der Waals surface area contributed by atoms with Crippen molar-refractivity contribution in [3.8, 4) is 0 Å². The van der Waals surface area contributed by atoms with Crippen molar-refractivity contribution in [3.63, 3.8) is 0 Å². The summed E-state index contributed by atoms with van der Waals surface area (Å²) in [6.45, 7) is 1.23. The van der Waals surface area contributed by atoms with Gasteiger partial charge >= 0.3 is 0 Å². The van der Waals surface area contributed by atoms with Crippen molar-refractivity contribution in [2.24, 2.45) is 0 Å². The van der Waals surface area contributed by atoms with Crippen molar-refractivity contribution in [2.45, 2.75) is 13.1 Å². The van der Waals surface area contributed by atoms with Gasteiger partial charge in [0, 0.05) is 25.5 Å². The van der Waals surface area contributed by atoms with Gasteiger partial charge in [0.25, 0.3) is 0 Å². The highest BCUT2D eigenvalue weighted by atomic mass is 35.5. The second-order valence-electron chi connectivity index (χ2n) is 4.15. The Morgan fingerprint density at radius 1 is 1.05 bits per heavy atom. The van der Waals surface area contributed by atoms with Crippen LogP contribution in [0.5, 0.6) is 0 Å². The zero-order chi connectivity index (χ0) is 14.4. The van der Waals surface area contributed by atoms with Gasteiger partial charge in [-0.15, -0.1) is 0 Å². The van der Waals surface area contributed by atoms with Crippen LogP contribution in [-0.2, 0) is 13.1 Å². The second-order valence-corrected chi connectivity index (χ2v) is 5.37. The van der Waals surface area contributed by atoms with E-state index < -0.39 is 0 Å². The van der Waals surface area contributed by atoms with Crippen LogP contribution in [0, 0.1) is 0 Å². The third-order valence-corrected chi connectivity index (χ3v) is 3.64. The normalized spacial score (nSPS) is 10.1. The van der Waals surface area contributed by atoms with Crippen molar-refractivity contribution in [2.75, 3.05) is 0 Å². The third kappa shape index (κ3) is 4.63. The average Bonchev–Trinajstić information content (AvgIpc) is 2.47. The van der Waals surface area contributed by atoms with E-state index in [9.17, 15) is 0 Å². The first kappa shape index (κ1) is 15.0. The van der Waals surface area contributed by atoms with Crippen LogP contribution in [0.2, 0.25) is 10.0 Å². The van der Waals surface area contributed by atoms with Crippen LogP contribution in [0.25, 0.3) is 0 Å². The second kappa shape index (κ2) is 7.43. The lowest BCUT2D eigenvalue weighted by atomic mass is 10.2. The molecule has 2 aromatic rings. The monoisotopic (exact) mass is 325 g/mol. The van der Waals surface area contributed by atoms with Gasteiger partial charge in [-0.25, -0.2) is 0 Å². The van der Waals surface area contributed by atoms with E-state index in [2.05, 4.69) is 15.6 Å². The Kier molecular flexibility index (Phi) is 5.59. The van der Waals surface area contributed by atoms with Crippen molar-refractivity contribution in [3.05, 3.63) is 63.9 Å². The lowest BCUT2D eigenvalue weighted by molar-refractivity contribution is 0.830. The number of aromatic nitrogens is 1. The van der Waals surface area contributed by atoms with Crippen molar-refractivity contribution < 1.29 is 0 Å². The number of pyridine rings is 1. The minimum atomic E-state index is 0.542. The van der Waals surface area contributed by atoms with Gasteiger partial charge in [0.15, 0.2) is 5.11 Å². The molecule has 2 rings (SSSR count). The molecule has 6 heteroatoms. The summed E-state index contributed by atoms with van der Waals surface area (Å²) in [6.07, 6.45) is 3.54. The van der Waals surface area contributed by atoms with Crippen molar-refractivity contribution in [1.82, 2.24) is 15.6 Å². The molecule has 0 atom stereocenters. The van der Waals surface area contributed by atoms with E-state index in [0.29, 0.717) is 28.2 Å². The molecule has 0 unspecified atom stereocenters. The predicted molar refractivity (Wildman–Crippen MR) is 87.0 cm³/mol. The van der Waals surface area contributed by atoms with Crippen molar-refractivity contribution in [1.29, 1.82) is 0 Å². The van der Waals surface area contributed by atoms with Gasteiger partial charge in [-0.2, -0.15) is 0 Å². The summed E-state index contributed by atoms with van der Waals surface area (Å²) in [7, 11) is 0. The highest BCUT2D eigenvalue weighted by Crippen LogP contribution is 2.22. The fourth-order valence-electron chi connectivity index (χ4n) is 1.58. The molecule has 3 nitrogen and oxygen atoms in total. The molecule has 1 aromatic heterocycles. The van der Waals surface area contributed by atoms with Gasteiger partial charge < -0.3 is 10.6 Å². The summed E-state index contributed by atoms with van der Waals surface area (Å²) < 4.78 is 0. The fraction of sp³-hybridized carbons (Fsp3) is 0.143. The average molecular weight is 326 g/mol. The van der Waals surface area contributed by atoms with Gasteiger partial charge in [0.05, 0.1) is 10.0 Å². The molecule has 0 aliphatic rings. The zero-order valence-electron chi connectivity index (χ0n) is 10.6. The fourth-order valence-corrected chi connectivity index (χ4v) is 2.04. The molecule has 2 N–H and O–H groups in total. The number of rotatable bonds is 4. The Morgan fingerprint density at radius 2 is 1.80 bits per heavy atom. The maximum Gasteiger partial charge on any atom is 0.166 e. The topological polar surface area (TPSA) is 37.0 Å². The van der Waals surface area contributed by atoms with E-state index in [1.165, 1.54) is 0 Å². The summed E-state index contributed by atoms with van der Waals surface area (Å²) in [5.41, 5.74) is 2.09. The molecule has 20 heavy (non-hydrogen) atoms. The molecule has 0 aliphatic carbocycles. The maximum absolute atomic E-state index is 5.96. The van der Waals surface area contributed by atoms with Crippen LogP contribution in [0.3, 0.4) is 0 Å². The Morgan fingerprint density at radius 3 is 2.45 bits per heavy atom. The standard InChI is InChI=1S/C14H13Cl2N3S/c15-12-4-3-10(6-13(12)16)8-18-14(20)19-9-11-2-1-5-17-7-11/h1-7H,8-9H2,(H2,18,19,20). The van der Waals surface area contributed by atoms with Gasteiger partial charge in [-0.05, 0) is 41.5 Å². The number of benzene rings is 1. The molecule has 0 bridgehead atoms. The molecule has 104 valence electrons. The molecule has 0 saturated heterocycles. The minimum Gasteiger partial charge on any atom is -0.359 e. The summed E-state index contributed by atoms with van der Waals surface area (Å²) in [5, 5.41) is 7.90. The van der Waals surface area contributed by atoms with Crippen LogP contribution in [-0.4, -0.2) is 10.1 Å². The van der Waals surface area contributed by atoms with Crippen molar-refractivity contribution >= 4 is 40.5 Å². The third-order valence-electron chi connectivity index (χ3n) is 2.61. The summed E-state index contributed by atoms with van der Waals surface area (Å²) >= 11 is 17.0. The first-order chi connectivity index (χ1) is 9.65. The van der Waals surface area contributed by atoms with E-state index in [0.717, 1.165) is 11.1 Å². The number of halogens is 2. The van der Waals surface area contributed by atoms with E-state index in [1.54, 1.807) is 18.5 Å². The molecule has 0 aliphatic heterocycles. The number of thiocarbonyl (C=S) groups is 1. The first-order valence-electron chi connectivity index (χ1n) is 5.99. The SMILES string of the molecule is S=C(NCc1cccnc1)NCc1ccc(Cl)c(Cl)c1. The van der Waals surface area contributed by atoms with Crippen LogP contribution in [0.15, 0.2) is 42.7 Å². The molecule has 0 saturated carbocycles. The number of nitrogens with one attached hydrogen (secondary N) is 2. The van der Waals surface area contributed by atoms with E-state index in [4.69, 9.17) is 35.4 Å². The Labute approximate surface area is 133 Å². The maximum atomic E-state index is 5.96. The minimum absolute atomic E-state index is 0.542. The molecular formula is C14H13Cl2N3S. The quantitative estimate of drug-likeness (QED) is 0.843. The lowest BCUT2D eigenvalue weighted by Crippen LogP contribution is -2.34. The van der Waals surface area contributed by atoms with Crippen LogP contribution in [0.4, 0.5) is 0 Å². The van der Waals surface area contributed by atoms with Crippen LogP contribution >= 0.6 is 35.4 Å². The van der Waals surface area contributed by atoms with E-state index in [1.807, 2.05) is 24.3 Å². The molecule has 0 radical (unpaired) electrons. The molecule has 1 aromatic carbocycles. The predicted octanol–water partition coefficient (Wildman–Crippen LogP) is 3.55. The van der Waals surface area contributed by atoms with Gasteiger partial charge in [-0.1, -0.05) is 35.3 Å². The van der Waals surface area contributed by atoms with Crippen LogP contribution < -0.4 is 10.6 Å². The number of hydrogen-bond acceptors (Lipinski definition) is 2. The lowest BCUT2D eigenvalue weighted by Gasteiger charge is -2.11.